The molecule has 0 radical (unpaired) electrons. The van der Waals surface area contributed by atoms with Gasteiger partial charge in [0.15, 0.2) is 0 Å². The van der Waals surface area contributed by atoms with Crippen LogP contribution in [0.3, 0.4) is 0 Å². The first-order valence-electron chi connectivity index (χ1n) is 4.49. The van der Waals surface area contributed by atoms with Crippen molar-refractivity contribution in [3.05, 3.63) is 41.0 Å². The molecule has 0 bridgehead atoms. The normalized spacial score (nSPS) is 14.5. The number of rotatable bonds is 2. The molecule has 0 aliphatic carbocycles. The van der Waals surface area contributed by atoms with Crippen molar-refractivity contribution in [2.45, 2.75) is 0 Å². The van der Waals surface area contributed by atoms with Gasteiger partial charge in [0.25, 0.3) is 0 Å². The standard InChI is InChI=1S/C11H9NO3/c12-5-1-2-7-3-4-8-9(6-7)11(14)15-10(8)13/h1-4,6H,5,12H2. The molecule has 0 amide bonds. The fourth-order valence-corrected chi connectivity index (χ4v) is 1.41. The van der Waals surface area contributed by atoms with E-state index in [4.69, 9.17) is 5.73 Å². The van der Waals surface area contributed by atoms with Gasteiger partial charge in [0.2, 0.25) is 0 Å². The van der Waals surface area contributed by atoms with E-state index >= 15 is 0 Å². The molecule has 0 saturated heterocycles. The number of ether oxygens (including phenoxy) is 1. The van der Waals surface area contributed by atoms with Crippen LogP contribution in [-0.2, 0) is 4.74 Å². The molecule has 1 heterocycles. The molecule has 0 saturated carbocycles. The largest absolute Gasteiger partial charge is 0.386 e. The molecular weight excluding hydrogens is 194 g/mol. The van der Waals surface area contributed by atoms with Gasteiger partial charge in [-0.3, -0.25) is 0 Å². The third-order valence-corrected chi connectivity index (χ3v) is 2.12. The van der Waals surface area contributed by atoms with Crippen molar-refractivity contribution in [1.29, 1.82) is 0 Å². The van der Waals surface area contributed by atoms with E-state index in [2.05, 4.69) is 4.74 Å². The Labute approximate surface area is 86.3 Å². The van der Waals surface area contributed by atoms with Crippen LogP contribution in [0.25, 0.3) is 6.08 Å². The van der Waals surface area contributed by atoms with Crippen molar-refractivity contribution < 1.29 is 14.3 Å². The van der Waals surface area contributed by atoms with Gasteiger partial charge in [-0.2, -0.15) is 0 Å². The van der Waals surface area contributed by atoms with Crippen LogP contribution in [0.5, 0.6) is 0 Å². The fourth-order valence-electron chi connectivity index (χ4n) is 1.41. The lowest BCUT2D eigenvalue weighted by atomic mass is 10.1. The molecule has 15 heavy (non-hydrogen) atoms. The summed E-state index contributed by atoms with van der Waals surface area (Å²) in [5, 5.41) is 0. The van der Waals surface area contributed by atoms with Gasteiger partial charge in [-0.15, -0.1) is 0 Å². The van der Waals surface area contributed by atoms with Gasteiger partial charge in [-0.1, -0.05) is 18.2 Å². The number of cyclic esters (lactones) is 2. The molecule has 4 nitrogen and oxygen atoms in total. The van der Waals surface area contributed by atoms with Crippen molar-refractivity contribution in [2.75, 3.05) is 6.54 Å². The van der Waals surface area contributed by atoms with E-state index in [0.717, 1.165) is 5.56 Å². The molecule has 1 aliphatic rings. The van der Waals surface area contributed by atoms with Crippen molar-refractivity contribution in [3.63, 3.8) is 0 Å². The summed E-state index contributed by atoms with van der Waals surface area (Å²) in [7, 11) is 0. The van der Waals surface area contributed by atoms with E-state index in [0.29, 0.717) is 17.7 Å². The highest BCUT2D eigenvalue weighted by Crippen LogP contribution is 2.21. The van der Waals surface area contributed by atoms with E-state index in [-0.39, 0.29) is 0 Å². The zero-order valence-corrected chi connectivity index (χ0v) is 7.90. The number of esters is 2. The Hall–Kier alpha value is -1.94. The SMILES string of the molecule is NCC=Cc1ccc2c(c1)C(=O)OC2=O. The van der Waals surface area contributed by atoms with Gasteiger partial charge < -0.3 is 10.5 Å². The van der Waals surface area contributed by atoms with Gasteiger partial charge in [-0.25, -0.2) is 9.59 Å². The van der Waals surface area contributed by atoms with Gasteiger partial charge in [0.1, 0.15) is 0 Å². The lowest BCUT2D eigenvalue weighted by molar-refractivity contribution is 0.0444. The molecule has 76 valence electrons. The Morgan fingerprint density at radius 1 is 1.20 bits per heavy atom. The minimum atomic E-state index is -0.585. The molecule has 0 fully saturated rings. The predicted molar refractivity (Wildman–Crippen MR) is 54.3 cm³/mol. The van der Waals surface area contributed by atoms with Crippen LogP contribution >= 0.6 is 0 Å². The maximum absolute atomic E-state index is 11.2. The number of hydrogen-bond acceptors (Lipinski definition) is 4. The zero-order valence-electron chi connectivity index (χ0n) is 7.90. The van der Waals surface area contributed by atoms with E-state index < -0.39 is 11.9 Å². The summed E-state index contributed by atoms with van der Waals surface area (Å²) in [4.78, 5) is 22.3. The van der Waals surface area contributed by atoms with E-state index in [1.54, 1.807) is 30.4 Å². The third-order valence-electron chi connectivity index (χ3n) is 2.12. The van der Waals surface area contributed by atoms with Crippen LogP contribution < -0.4 is 5.73 Å². The van der Waals surface area contributed by atoms with Crippen LogP contribution in [0.4, 0.5) is 0 Å². The first-order chi connectivity index (χ1) is 7.22. The highest BCUT2D eigenvalue weighted by Gasteiger charge is 2.29. The molecule has 1 aliphatic heterocycles. The molecule has 0 spiro atoms. The highest BCUT2D eigenvalue weighted by atomic mass is 16.6. The van der Waals surface area contributed by atoms with Crippen LogP contribution in [0.1, 0.15) is 26.3 Å². The average molecular weight is 203 g/mol. The van der Waals surface area contributed by atoms with Gasteiger partial charge in [0, 0.05) is 6.54 Å². The van der Waals surface area contributed by atoms with Crippen LogP contribution in [0.2, 0.25) is 0 Å². The van der Waals surface area contributed by atoms with Crippen molar-refractivity contribution in [2.24, 2.45) is 5.73 Å². The Morgan fingerprint density at radius 2 is 1.93 bits per heavy atom. The Kier molecular flexibility index (Phi) is 2.35. The molecule has 0 atom stereocenters. The summed E-state index contributed by atoms with van der Waals surface area (Å²) in [5.41, 5.74) is 6.77. The highest BCUT2D eigenvalue weighted by molar-refractivity contribution is 6.14. The van der Waals surface area contributed by atoms with Gasteiger partial charge in [0.05, 0.1) is 11.1 Å². The fraction of sp³-hybridized carbons (Fsp3) is 0.0909. The summed E-state index contributed by atoms with van der Waals surface area (Å²) in [6.07, 6.45) is 3.56. The van der Waals surface area contributed by atoms with E-state index in [1.807, 2.05) is 0 Å². The first kappa shape index (κ1) is 9.61. The zero-order chi connectivity index (χ0) is 10.8. The number of benzene rings is 1. The maximum atomic E-state index is 11.2. The Balaban J connectivity index is 2.43. The number of hydrogen-bond donors (Lipinski definition) is 1. The lowest BCUT2D eigenvalue weighted by Crippen LogP contribution is -1.96. The van der Waals surface area contributed by atoms with Crippen molar-refractivity contribution in [3.8, 4) is 0 Å². The van der Waals surface area contributed by atoms with Crippen molar-refractivity contribution >= 4 is 18.0 Å². The summed E-state index contributed by atoms with van der Waals surface area (Å²) >= 11 is 0. The summed E-state index contributed by atoms with van der Waals surface area (Å²) in [6, 6.07) is 4.94. The number of fused-ring (bicyclic) bond motifs is 1. The summed E-state index contributed by atoms with van der Waals surface area (Å²) in [5.74, 6) is -1.16. The lowest BCUT2D eigenvalue weighted by Gasteiger charge is -1.95. The van der Waals surface area contributed by atoms with Gasteiger partial charge >= 0.3 is 11.9 Å². The van der Waals surface area contributed by atoms with E-state index in [9.17, 15) is 9.59 Å². The predicted octanol–water partition coefficient (Wildman–Crippen LogP) is 0.969. The molecule has 1 aromatic rings. The maximum Gasteiger partial charge on any atom is 0.346 e. The summed E-state index contributed by atoms with van der Waals surface area (Å²) in [6.45, 7) is 0.431. The minimum Gasteiger partial charge on any atom is -0.386 e. The van der Waals surface area contributed by atoms with E-state index in [1.165, 1.54) is 0 Å². The minimum absolute atomic E-state index is 0.319. The number of carbonyl (C=O) groups excluding carboxylic acids is 2. The Bertz CT molecular complexity index is 463. The number of carbonyl (C=O) groups is 2. The second kappa shape index (κ2) is 3.67. The topological polar surface area (TPSA) is 69.4 Å². The quantitative estimate of drug-likeness (QED) is 0.574. The second-order valence-electron chi connectivity index (χ2n) is 3.12. The molecule has 0 aromatic heterocycles. The first-order valence-corrected chi connectivity index (χ1v) is 4.49. The van der Waals surface area contributed by atoms with Crippen molar-refractivity contribution in [1.82, 2.24) is 0 Å². The third kappa shape index (κ3) is 1.67. The molecule has 1 aromatic carbocycles. The Morgan fingerprint density at radius 3 is 2.67 bits per heavy atom. The average Bonchev–Trinajstić information content (AvgIpc) is 2.52. The monoisotopic (exact) mass is 203 g/mol. The van der Waals surface area contributed by atoms with Crippen LogP contribution in [-0.4, -0.2) is 18.5 Å². The number of nitrogens with two attached hydrogens (primary N) is 1. The summed E-state index contributed by atoms with van der Waals surface area (Å²) < 4.78 is 4.46. The molecule has 2 N–H and O–H groups in total. The molecule has 2 rings (SSSR count). The molecular formula is C11H9NO3. The molecule has 0 unspecified atom stereocenters. The smallest absolute Gasteiger partial charge is 0.346 e. The van der Waals surface area contributed by atoms with Crippen LogP contribution in [0, 0.1) is 0 Å². The van der Waals surface area contributed by atoms with Crippen LogP contribution in [0.15, 0.2) is 24.3 Å². The molecule has 4 heteroatoms. The second-order valence-corrected chi connectivity index (χ2v) is 3.12. The van der Waals surface area contributed by atoms with Gasteiger partial charge in [-0.05, 0) is 17.7 Å².